The standard InChI is InChI=1S/C23H35N5S/c1-3-24-23(25-12-11-22-6-5-17-29-22)26-18-20-7-9-21(10-8-20)19-28-15-13-27(4-2)14-16-28/h5-10,17H,3-4,11-16,18-19H2,1-2H3,(H2,24,25,26). The van der Waals surface area contributed by atoms with E-state index in [-0.39, 0.29) is 0 Å². The van der Waals surface area contributed by atoms with E-state index < -0.39 is 0 Å². The second kappa shape index (κ2) is 12.0. The Labute approximate surface area is 179 Å². The van der Waals surface area contributed by atoms with Crippen LogP contribution in [0.4, 0.5) is 0 Å². The highest BCUT2D eigenvalue weighted by molar-refractivity contribution is 7.09. The van der Waals surface area contributed by atoms with Crippen LogP contribution in [0.3, 0.4) is 0 Å². The lowest BCUT2D eigenvalue weighted by atomic mass is 10.1. The molecule has 2 aromatic rings. The molecule has 2 N–H and O–H groups in total. The highest BCUT2D eigenvalue weighted by atomic mass is 32.1. The molecule has 2 heterocycles. The highest BCUT2D eigenvalue weighted by Gasteiger charge is 2.15. The average molecular weight is 414 g/mol. The third kappa shape index (κ3) is 7.46. The van der Waals surface area contributed by atoms with Crippen LogP contribution >= 0.6 is 11.3 Å². The molecule has 0 radical (unpaired) electrons. The lowest BCUT2D eigenvalue weighted by Gasteiger charge is -2.34. The molecule has 6 heteroatoms. The first kappa shape index (κ1) is 21.8. The first-order valence-corrected chi connectivity index (χ1v) is 11.7. The summed E-state index contributed by atoms with van der Waals surface area (Å²) in [6.07, 6.45) is 1.03. The van der Waals surface area contributed by atoms with Gasteiger partial charge in [0, 0.05) is 50.7 Å². The summed E-state index contributed by atoms with van der Waals surface area (Å²) in [5, 5.41) is 8.90. The van der Waals surface area contributed by atoms with Crippen LogP contribution in [-0.2, 0) is 19.5 Å². The third-order valence-corrected chi connectivity index (χ3v) is 6.29. The van der Waals surface area contributed by atoms with Gasteiger partial charge in [0.2, 0.25) is 0 Å². The minimum atomic E-state index is 0.698. The quantitative estimate of drug-likeness (QED) is 0.489. The zero-order chi connectivity index (χ0) is 20.3. The molecule has 0 amide bonds. The minimum absolute atomic E-state index is 0.698. The number of aliphatic imine (C=N–C) groups is 1. The molecule has 0 aliphatic carbocycles. The van der Waals surface area contributed by atoms with E-state index in [0.29, 0.717) is 6.54 Å². The van der Waals surface area contributed by atoms with Crippen LogP contribution in [0.5, 0.6) is 0 Å². The van der Waals surface area contributed by atoms with Gasteiger partial charge in [0.15, 0.2) is 5.96 Å². The van der Waals surface area contributed by atoms with Crippen molar-refractivity contribution in [3.05, 3.63) is 57.8 Å². The summed E-state index contributed by atoms with van der Waals surface area (Å²) in [5.41, 5.74) is 2.64. The van der Waals surface area contributed by atoms with E-state index in [0.717, 1.165) is 32.0 Å². The molecular weight excluding hydrogens is 378 g/mol. The molecule has 29 heavy (non-hydrogen) atoms. The number of rotatable bonds is 9. The lowest BCUT2D eigenvalue weighted by Crippen LogP contribution is -2.45. The molecule has 0 saturated carbocycles. The fraction of sp³-hybridized carbons (Fsp3) is 0.522. The number of likely N-dealkylation sites (N-methyl/N-ethyl adjacent to an activating group) is 1. The van der Waals surface area contributed by atoms with Crippen LogP contribution < -0.4 is 10.6 Å². The van der Waals surface area contributed by atoms with E-state index in [4.69, 9.17) is 4.99 Å². The lowest BCUT2D eigenvalue weighted by molar-refractivity contribution is 0.132. The van der Waals surface area contributed by atoms with E-state index in [1.165, 1.54) is 48.7 Å². The molecule has 1 fully saturated rings. The van der Waals surface area contributed by atoms with Crippen molar-refractivity contribution in [2.75, 3.05) is 45.8 Å². The second-order valence-electron chi connectivity index (χ2n) is 7.48. The number of piperazine rings is 1. The van der Waals surface area contributed by atoms with Crippen LogP contribution in [0, 0.1) is 0 Å². The van der Waals surface area contributed by atoms with E-state index in [9.17, 15) is 0 Å². The van der Waals surface area contributed by atoms with Crippen LogP contribution in [0.15, 0.2) is 46.8 Å². The largest absolute Gasteiger partial charge is 0.357 e. The molecule has 5 nitrogen and oxygen atoms in total. The van der Waals surface area contributed by atoms with Crippen molar-refractivity contribution in [3.8, 4) is 0 Å². The first-order chi connectivity index (χ1) is 14.3. The number of hydrogen-bond acceptors (Lipinski definition) is 4. The SMILES string of the molecule is CCNC(=NCc1ccc(CN2CCN(CC)CC2)cc1)NCCc1cccs1. The molecule has 1 aromatic heterocycles. The summed E-state index contributed by atoms with van der Waals surface area (Å²) in [5.74, 6) is 0.891. The van der Waals surface area contributed by atoms with Gasteiger partial charge in [-0.05, 0) is 42.5 Å². The molecule has 0 atom stereocenters. The van der Waals surface area contributed by atoms with Crippen molar-refractivity contribution in [1.82, 2.24) is 20.4 Å². The van der Waals surface area contributed by atoms with Crippen LogP contribution in [0.2, 0.25) is 0 Å². The molecule has 1 aliphatic heterocycles. The van der Waals surface area contributed by atoms with Crippen LogP contribution in [0.1, 0.15) is 29.9 Å². The van der Waals surface area contributed by atoms with Crippen molar-refractivity contribution in [3.63, 3.8) is 0 Å². The van der Waals surface area contributed by atoms with Gasteiger partial charge in [0.1, 0.15) is 0 Å². The van der Waals surface area contributed by atoms with Gasteiger partial charge in [-0.2, -0.15) is 0 Å². The van der Waals surface area contributed by atoms with Crippen molar-refractivity contribution >= 4 is 17.3 Å². The van der Waals surface area contributed by atoms with Crippen molar-refractivity contribution in [1.29, 1.82) is 0 Å². The molecular formula is C23H35N5S. The van der Waals surface area contributed by atoms with Gasteiger partial charge in [-0.3, -0.25) is 4.90 Å². The average Bonchev–Trinajstić information content (AvgIpc) is 3.27. The third-order valence-electron chi connectivity index (χ3n) is 5.35. The molecule has 1 aliphatic rings. The zero-order valence-corrected chi connectivity index (χ0v) is 18.7. The maximum absolute atomic E-state index is 4.75. The number of nitrogens with one attached hydrogen (secondary N) is 2. The zero-order valence-electron chi connectivity index (χ0n) is 17.9. The molecule has 1 aromatic carbocycles. The number of guanidine groups is 1. The van der Waals surface area contributed by atoms with Crippen LogP contribution in [0.25, 0.3) is 0 Å². The van der Waals surface area contributed by atoms with E-state index in [1.807, 2.05) is 0 Å². The van der Waals surface area contributed by atoms with Crippen molar-refractivity contribution in [2.24, 2.45) is 4.99 Å². The van der Waals surface area contributed by atoms with Gasteiger partial charge < -0.3 is 15.5 Å². The molecule has 0 bridgehead atoms. The van der Waals surface area contributed by atoms with Gasteiger partial charge >= 0.3 is 0 Å². The molecule has 0 unspecified atom stereocenters. The Balaban J connectivity index is 1.45. The summed E-state index contributed by atoms with van der Waals surface area (Å²) < 4.78 is 0. The summed E-state index contributed by atoms with van der Waals surface area (Å²) >= 11 is 1.81. The monoisotopic (exact) mass is 413 g/mol. The predicted molar refractivity (Wildman–Crippen MR) is 125 cm³/mol. The van der Waals surface area contributed by atoms with Crippen molar-refractivity contribution in [2.45, 2.75) is 33.4 Å². The van der Waals surface area contributed by atoms with Gasteiger partial charge in [0.05, 0.1) is 6.54 Å². The Kier molecular flexibility index (Phi) is 8.99. The maximum atomic E-state index is 4.75. The number of thiophene rings is 1. The Morgan fingerprint density at radius 2 is 1.69 bits per heavy atom. The predicted octanol–water partition coefficient (Wildman–Crippen LogP) is 3.18. The second-order valence-corrected chi connectivity index (χ2v) is 8.51. The minimum Gasteiger partial charge on any atom is -0.357 e. The summed E-state index contributed by atoms with van der Waals surface area (Å²) in [4.78, 5) is 11.2. The Hall–Kier alpha value is -1.89. The van der Waals surface area contributed by atoms with E-state index in [2.05, 4.69) is 76.1 Å². The topological polar surface area (TPSA) is 42.9 Å². The fourth-order valence-corrected chi connectivity index (χ4v) is 4.25. The molecule has 3 rings (SSSR count). The normalized spacial score (nSPS) is 16.1. The summed E-state index contributed by atoms with van der Waals surface area (Å²) in [7, 11) is 0. The highest BCUT2D eigenvalue weighted by Crippen LogP contribution is 2.11. The van der Waals surface area contributed by atoms with Gasteiger partial charge in [-0.1, -0.05) is 37.3 Å². The van der Waals surface area contributed by atoms with Gasteiger partial charge in [0.25, 0.3) is 0 Å². The smallest absolute Gasteiger partial charge is 0.191 e. The number of benzene rings is 1. The number of hydrogen-bond donors (Lipinski definition) is 2. The van der Waals surface area contributed by atoms with Gasteiger partial charge in [-0.15, -0.1) is 11.3 Å². The fourth-order valence-electron chi connectivity index (χ4n) is 3.54. The molecule has 158 valence electrons. The molecule has 0 spiro atoms. The maximum Gasteiger partial charge on any atom is 0.191 e. The summed E-state index contributed by atoms with van der Waals surface area (Å²) in [6.45, 7) is 13.8. The van der Waals surface area contributed by atoms with Crippen molar-refractivity contribution < 1.29 is 0 Å². The van der Waals surface area contributed by atoms with Crippen LogP contribution in [-0.4, -0.2) is 61.6 Å². The Bertz CT molecular complexity index is 718. The number of nitrogens with zero attached hydrogens (tertiary/aromatic N) is 3. The first-order valence-electron chi connectivity index (χ1n) is 10.8. The van der Waals surface area contributed by atoms with E-state index >= 15 is 0 Å². The van der Waals surface area contributed by atoms with Gasteiger partial charge in [-0.25, -0.2) is 4.99 Å². The van der Waals surface area contributed by atoms with E-state index in [1.54, 1.807) is 11.3 Å². The Morgan fingerprint density at radius 1 is 0.966 bits per heavy atom. The Morgan fingerprint density at radius 3 is 2.34 bits per heavy atom. The molecule has 1 saturated heterocycles. The summed E-state index contributed by atoms with van der Waals surface area (Å²) in [6, 6.07) is 13.2.